The third kappa shape index (κ3) is 4.54. The van der Waals surface area contributed by atoms with Crippen molar-refractivity contribution in [3.05, 3.63) is 52.0 Å². The first-order valence-electron chi connectivity index (χ1n) is 7.11. The summed E-state index contributed by atoms with van der Waals surface area (Å²) in [5.74, 6) is -0.144. The van der Waals surface area contributed by atoms with E-state index in [0.717, 1.165) is 30.1 Å². The molecule has 2 N–H and O–H groups in total. The molecule has 0 unspecified atom stereocenters. The third-order valence-corrected chi connectivity index (χ3v) is 4.68. The van der Waals surface area contributed by atoms with Gasteiger partial charge in [-0.1, -0.05) is 41.4 Å². The summed E-state index contributed by atoms with van der Waals surface area (Å²) in [4.78, 5) is 16.6. The first kappa shape index (κ1) is 17.9. The predicted octanol–water partition coefficient (Wildman–Crippen LogP) is 3.53. The molecule has 0 saturated heterocycles. The van der Waals surface area contributed by atoms with Gasteiger partial charge in [0.1, 0.15) is 10.7 Å². The summed E-state index contributed by atoms with van der Waals surface area (Å²) in [5.41, 5.74) is 2.55. The minimum absolute atomic E-state index is 0. The van der Waals surface area contributed by atoms with Gasteiger partial charge in [0, 0.05) is 24.0 Å². The lowest BCUT2D eigenvalue weighted by atomic mass is 10.1. The number of rotatable bonds is 4. The molecule has 0 bridgehead atoms. The minimum Gasteiger partial charge on any atom is -0.347 e. The summed E-state index contributed by atoms with van der Waals surface area (Å²) in [7, 11) is 0. The van der Waals surface area contributed by atoms with Crippen LogP contribution in [0.25, 0.3) is 10.6 Å². The Morgan fingerprint density at radius 3 is 2.96 bits per heavy atom. The number of amides is 1. The third-order valence-electron chi connectivity index (χ3n) is 3.48. The molecule has 1 aromatic carbocycles. The Bertz CT molecular complexity index is 715. The molecule has 2 heterocycles. The lowest BCUT2D eigenvalue weighted by Gasteiger charge is -2.14. The Hall–Kier alpha value is -1.40. The van der Waals surface area contributed by atoms with Crippen LogP contribution in [0.15, 0.2) is 41.3 Å². The van der Waals surface area contributed by atoms with Crippen LogP contribution in [-0.2, 0) is 0 Å². The van der Waals surface area contributed by atoms with Crippen molar-refractivity contribution in [1.82, 2.24) is 15.6 Å². The van der Waals surface area contributed by atoms with E-state index in [1.807, 2.05) is 24.3 Å². The summed E-state index contributed by atoms with van der Waals surface area (Å²) in [6, 6.07) is 7.51. The summed E-state index contributed by atoms with van der Waals surface area (Å²) in [6.45, 7) is 2.42. The lowest BCUT2D eigenvalue weighted by Crippen LogP contribution is -2.29. The Kier molecular flexibility index (Phi) is 6.59. The van der Waals surface area contributed by atoms with Crippen LogP contribution in [0.4, 0.5) is 0 Å². The van der Waals surface area contributed by atoms with E-state index in [1.54, 1.807) is 5.38 Å². The van der Waals surface area contributed by atoms with Crippen molar-refractivity contribution >= 4 is 41.3 Å². The molecule has 2 aromatic rings. The second-order valence-corrected chi connectivity index (χ2v) is 6.28. The van der Waals surface area contributed by atoms with E-state index in [0.29, 0.717) is 17.3 Å². The zero-order chi connectivity index (χ0) is 15.4. The maximum Gasteiger partial charge on any atom is 0.271 e. The van der Waals surface area contributed by atoms with Gasteiger partial charge in [-0.3, -0.25) is 4.79 Å². The number of thiazole rings is 1. The summed E-state index contributed by atoms with van der Waals surface area (Å²) < 4.78 is 0. The Balaban J connectivity index is 0.00000192. The molecule has 23 heavy (non-hydrogen) atoms. The normalized spacial score (nSPS) is 13.9. The maximum absolute atomic E-state index is 12.2. The Morgan fingerprint density at radius 2 is 2.22 bits per heavy atom. The Labute approximate surface area is 150 Å². The highest BCUT2D eigenvalue weighted by molar-refractivity contribution is 7.13. The van der Waals surface area contributed by atoms with Crippen LogP contribution >= 0.6 is 35.3 Å². The topological polar surface area (TPSA) is 54.0 Å². The van der Waals surface area contributed by atoms with E-state index in [1.165, 1.54) is 16.9 Å². The van der Waals surface area contributed by atoms with Crippen LogP contribution in [0.3, 0.4) is 0 Å². The van der Waals surface area contributed by atoms with Crippen LogP contribution in [0, 0.1) is 0 Å². The Morgan fingerprint density at radius 1 is 1.39 bits per heavy atom. The molecule has 0 spiro atoms. The van der Waals surface area contributed by atoms with Gasteiger partial charge < -0.3 is 10.6 Å². The van der Waals surface area contributed by atoms with Crippen LogP contribution in [-0.4, -0.2) is 30.5 Å². The monoisotopic (exact) mass is 369 g/mol. The fraction of sp³-hybridized carbons (Fsp3) is 0.250. The quantitative estimate of drug-likeness (QED) is 0.810. The molecule has 0 fully saturated rings. The summed E-state index contributed by atoms with van der Waals surface area (Å²) in [5, 5.41) is 9.34. The van der Waals surface area contributed by atoms with Crippen molar-refractivity contribution in [2.45, 2.75) is 6.42 Å². The smallest absolute Gasteiger partial charge is 0.271 e. The van der Waals surface area contributed by atoms with Gasteiger partial charge in [0.2, 0.25) is 0 Å². The van der Waals surface area contributed by atoms with Crippen LogP contribution in [0.1, 0.15) is 16.9 Å². The van der Waals surface area contributed by atoms with Gasteiger partial charge in [0.05, 0.1) is 5.02 Å². The second-order valence-electron chi connectivity index (χ2n) is 5.02. The first-order valence-corrected chi connectivity index (χ1v) is 8.37. The maximum atomic E-state index is 12.2. The summed E-state index contributed by atoms with van der Waals surface area (Å²) in [6.07, 6.45) is 3.10. The molecular formula is C16H17Cl2N3OS. The van der Waals surface area contributed by atoms with E-state index in [2.05, 4.69) is 21.7 Å². The average Bonchev–Trinajstić information content (AvgIpc) is 3.04. The fourth-order valence-electron chi connectivity index (χ4n) is 2.25. The number of carbonyl (C=O) groups is 1. The molecule has 1 aliphatic rings. The van der Waals surface area contributed by atoms with Gasteiger partial charge >= 0.3 is 0 Å². The highest BCUT2D eigenvalue weighted by Crippen LogP contribution is 2.29. The zero-order valence-electron chi connectivity index (χ0n) is 12.3. The molecular weight excluding hydrogens is 353 g/mol. The molecule has 1 aliphatic heterocycles. The number of hydrogen-bond donors (Lipinski definition) is 2. The van der Waals surface area contributed by atoms with Crippen molar-refractivity contribution in [3.63, 3.8) is 0 Å². The number of hydrogen-bond acceptors (Lipinski definition) is 4. The van der Waals surface area contributed by atoms with Crippen molar-refractivity contribution < 1.29 is 4.79 Å². The highest BCUT2D eigenvalue weighted by atomic mass is 35.5. The number of benzene rings is 1. The van der Waals surface area contributed by atoms with Gasteiger partial charge in [0.15, 0.2) is 0 Å². The number of nitrogens with zero attached hydrogens (tertiary/aromatic N) is 1. The predicted molar refractivity (Wildman–Crippen MR) is 97.7 cm³/mol. The standard InChI is InChI=1S/C16H16ClN3OS.ClH/c17-13-4-2-1-3-12(13)16-20-14(10-22-16)15(21)19-9-11-5-7-18-8-6-11;/h1-5,10,18H,6-9H2,(H,19,21);1H. The van der Waals surface area contributed by atoms with Gasteiger partial charge in [-0.15, -0.1) is 23.7 Å². The number of aromatic nitrogens is 1. The zero-order valence-corrected chi connectivity index (χ0v) is 14.7. The lowest BCUT2D eigenvalue weighted by molar-refractivity contribution is 0.0952. The van der Waals surface area contributed by atoms with E-state index in [-0.39, 0.29) is 18.3 Å². The van der Waals surface area contributed by atoms with E-state index in [4.69, 9.17) is 11.6 Å². The largest absolute Gasteiger partial charge is 0.347 e. The van der Waals surface area contributed by atoms with Crippen molar-refractivity contribution in [2.75, 3.05) is 19.6 Å². The molecule has 1 amide bonds. The van der Waals surface area contributed by atoms with Crippen molar-refractivity contribution in [1.29, 1.82) is 0 Å². The van der Waals surface area contributed by atoms with E-state index in [9.17, 15) is 4.79 Å². The molecule has 0 aliphatic carbocycles. The molecule has 0 radical (unpaired) electrons. The molecule has 3 rings (SSSR count). The second kappa shape index (κ2) is 8.45. The molecule has 0 atom stereocenters. The number of nitrogens with one attached hydrogen (secondary N) is 2. The van der Waals surface area contributed by atoms with Gasteiger partial charge in [-0.25, -0.2) is 4.98 Å². The molecule has 0 saturated carbocycles. The van der Waals surface area contributed by atoms with Gasteiger partial charge in [-0.05, 0) is 19.0 Å². The van der Waals surface area contributed by atoms with Crippen LogP contribution < -0.4 is 10.6 Å². The number of carbonyl (C=O) groups excluding carboxylic acids is 1. The molecule has 4 nitrogen and oxygen atoms in total. The average molecular weight is 370 g/mol. The van der Waals surface area contributed by atoms with Crippen molar-refractivity contribution in [3.8, 4) is 10.6 Å². The van der Waals surface area contributed by atoms with E-state index >= 15 is 0 Å². The van der Waals surface area contributed by atoms with Crippen LogP contribution in [0.5, 0.6) is 0 Å². The van der Waals surface area contributed by atoms with E-state index < -0.39 is 0 Å². The highest BCUT2D eigenvalue weighted by Gasteiger charge is 2.14. The van der Waals surface area contributed by atoms with Gasteiger partial charge in [0.25, 0.3) is 5.91 Å². The first-order chi connectivity index (χ1) is 10.7. The fourth-order valence-corrected chi connectivity index (χ4v) is 3.37. The van der Waals surface area contributed by atoms with Crippen molar-refractivity contribution in [2.24, 2.45) is 0 Å². The SMILES string of the molecule is Cl.O=C(NCC1=CCNCC1)c1csc(-c2ccccc2Cl)n1. The number of halogens is 2. The van der Waals surface area contributed by atoms with Gasteiger partial charge in [-0.2, -0.15) is 0 Å². The minimum atomic E-state index is -0.144. The molecule has 122 valence electrons. The summed E-state index contributed by atoms with van der Waals surface area (Å²) >= 11 is 7.59. The molecule has 1 aromatic heterocycles. The molecule has 7 heteroatoms. The van der Waals surface area contributed by atoms with Crippen LogP contribution in [0.2, 0.25) is 5.02 Å².